The van der Waals surface area contributed by atoms with Crippen LogP contribution in [0.2, 0.25) is 0 Å². The predicted molar refractivity (Wildman–Crippen MR) is 78.5 cm³/mol. The standard InChI is InChI=1S/C13H20BrNOS/c1-3-6-15-8-11-4-5-12(14)7-13(11)17-10(2)9-16/h4-5,7,10,15-16H,3,6,8-9H2,1-2H3. The summed E-state index contributed by atoms with van der Waals surface area (Å²) in [6.45, 7) is 6.34. The summed E-state index contributed by atoms with van der Waals surface area (Å²) in [7, 11) is 0. The van der Waals surface area contributed by atoms with Gasteiger partial charge in [0.15, 0.2) is 0 Å². The molecule has 0 saturated carbocycles. The van der Waals surface area contributed by atoms with Gasteiger partial charge in [0.1, 0.15) is 0 Å². The van der Waals surface area contributed by atoms with Crippen LogP contribution in [0.3, 0.4) is 0 Å². The van der Waals surface area contributed by atoms with E-state index in [9.17, 15) is 0 Å². The van der Waals surface area contributed by atoms with E-state index < -0.39 is 0 Å². The van der Waals surface area contributed by atoms with Crippen molar-refractivity contribution in [1.29, 1.82) is 0 Å². The first-order valence-electron chi connectivity index (χ1n) is 5.94. The van der Waals surface area contributed by atoms with Gasteiger partial charge in [-0.1, -0.05) is 35.8 Å². The lowest BCUT2D eigenvalue weighted by Gasteiger charge is -2.13. The zero-order valence-corrected chi connectivity index (χ0v) is 12.8. The first-order valence-corrected chi connectivity index (χ1v) is 7.61. The lowest BCUT2D eigenvalue weighted by atomic mass is 10.2. The Morgan fingerprint density at radius 1 is 1.47 bits per heavy atom. The molecule has 0 aliphatic rings. The van der Waals surface area contributed by atoms with Gasteiger partial charge in [-0.25, -0.2) is 0 Å². The summed E-state index contributed by atoms with van der Waals surface area (Å²) in [5, 5.41) is 12.8. The van der Waals surface area contributed by atoms with E-state index in [1.807, 2.05) is 6.92 Å². The van der Waals surface area contributed by atoms with E-state index in [4.69, 9.17) is 5.11 Å². The van der Waals surface area contributed by atoms with Gasteiger partial charge in [-0.2, -0.15) is 0 Å². The van der Waals surface area contributed by atoms with Gasteiger partial charge in [-0.3, -0.25) is 0 Å². The Balaban J connectivity index is 2.72. The SMILES string of the molecule is CCCNCc1ccc(Br)cc1SC(C)CO. The molecule has 0 bridgehead atoms. The maximum Gasteiger partial charge on any atom is 0.0550 e. The van der Waals surface area contributed by atoms with Crippen LogP contribution in [-0.4, -0.2) is 23.5 Å². The van der Waals surface area contributed by atoms with E-state index >= 15 is 0 Å². The van der Waals surface area contributed by atoms with Crippen LogP contribution in [0.15, 0.2) is 27.6 Å². The number of rotatable bonds is 7. The first-order chi connectivity index (χ1) is 8.17. The Morgan fingerprint density at radius 3 is 2.88 bits per heavy atom. The molecule has 1 aromatic rings. The van der Waals surface area contributed by atoms with Crippen molar-refractivity contribution >= 4 is 27.7 Å². The van der Waals surface area contributed by atoms with Gasteiger partial charge in [0.2, 0.25) is 0 Å². The second-order valence-corrected chi connectivity index (χ2v) is 6.44. The molecule has 0 aliphatic carbocycles. The molecule has 0 aromatic heterocycles. The summed E-state index contributed by atoms with van der Waals surface area (Å²) in [4.78, 5) is 1.24. The lowest BCUT2D eigenvalue weighted by Crippen LogP contribution is -2.14. The molecule has 0 spiro atoms. The van der Waals surface area contributed by atoms with Crippen LogP contribution in [0, 0.1) is 0 Å². The van der Waals surface area contributed by atoms with Gasteiger partial charge in [-0.15, -0.1) is 11.8 Å². The van der Waals surface area contributed by atoms with Crippen LogP contribution in [0.5, 0.6) is 0 Å². The predicted octanol–water partition coefficient (Wildman–Crippen LogP) is 3.42. The van der Waals surface area contributed by atoms with E-state index in [0.717, 1.165) is 24.0 Å². The van der Waals surface area contributed by atoms with Crippen molar-refractivity contribution in [2.75, 3.05) is 13.2 Å². The second-order valence-electron chi connectivity index (χ2n) is 4.04. The second kappa shape index (κ2) is 8.14. The lowest BCUT2D eigenvalue weighted by molar-refractivity contribution is 0.300. The summed E-state index contributed by atoms with van der Waals surface area (Å²) in [5.41, 5.74) is 1.30. The van der Waals surface area contributed by atoms with E-state index in [1.54, 1.807) is 11.8 Å². The Kier molecular flexibility index (Phi) is 7.19. The van der Waals surface area contributed by atoms with Crippen molar-refractivity contribution in [1.82, 2.24) is 5.32 Å². The van der Waals surface area contributed by atoms with E-state index in [0.29, 0.717) is 0 Å². The summed E-state index contributed by atoms with van der Waals surface area (Å²) in [5.74, 6) is 0. The fraction of sp³-hybridized carbons (Fsp3) is 0.538. The largest absolute Gasteiger partial charge is 0.395 e. The zero-order chi connectivity index (χ0) is 12.7. The minimum absolute atomic E-state index is 0.207. The molecule has 2 N–H and O–H groups in total. The van der Waals surface area contributed by atoms with E-state index in [2.05, 4.69) is 46.4 Å². The molecular weight excluding hydrogens is 298 g/mol. The highest BCUT2D eigenvalue weighted by Gasteiger charge is 2.08. The van der Waals surface area contributed by atoms with Crippen molar-refractivity contribution in [3.8, 4) is 0 Å². The molecule has 0 fully saturated rings. The van der Waals surface area contributed by atoms with Gasteiger partial charge in [0.05, 0.1) is 6.61 Å². The molecule has 0 heterocycles. The Morgan fingerprint density at radius 2 is 2.24 bits per heavy atom. The molecule has 4 heteroatoms. The van der Waals surface area contributed by atoms with Crippen molar-refractivity contribution in [2.45, 2.75) is 37.0 Å². The number of aliphatic hydroxyl groups is 1. The van der Waals surface area contributed by atoms with Crippen LogP contribution >= 0.6 is 27.7 Å². The Bertz CT molecular complexity index is 346. The number of thioether (sulfide) groups is 1. The highest BCUT2D eigenvalue weighted by molar-refractivity contribution is 9.10. The van der Waals surface area contributed by atoms with Crippen LogP contribution < -0.4 is 5.32 Å². The van der Waals surface area contributed by atoms with E-state index in [-0.39, 0.29) is 11.9 Å². The summed E-state index contributed by atoms with van der Waals surface area (Å²) in [6.07, 6.45) is 1.14. The third-order valence-corrected chi connectivity index (χ3v) is 4.04. The molecule has 1 rings (SSSR count). The third-order valence-electron chi connectivity index (χ3n) is 2.36. The maximum absolute atomic E-state index is 9.12. The molecule has 1 atom stereocenters. The average Bonchev–Trinajstić information content (AvgIpc) is 2.32. The topological polar surface area (TPSA) is 32.3 Å². The minimum Gasteiger partial charge on any atom is -0.395 e. The highest BCUT2D eigenvalue weighted by Crippen LogP contribution is 2.29. The number of hydrogen-bond acceptors (Lipinski definition) is 3. The van der Waals surface area contributed by atoms with Crippen LogP contribution in [0.4, 0.5) is 0 Å². The molecule has 2 nitrogen and oxygen atoms in total. The van der Waals surface area contributed by atoms with Crippen molar-refractivity contribution < 1.29 is 5.11 Å². The Labute approximate surface area is 116 Å². The van der Waals surface area contributed by atoms with Gasteiger partial charge in [-0.05, 0) is 30.7 Å². The number of benzene rings is 1. The number of halogens is 1. The highest BCUT2D eigenvalue weighted by atomic mass is 79.9. The quantitative estimate of drug-likeness (QED) is 0.597. The monoisotopic (exact) mass is 317 g/mol. The van der Waals surface area contributed by atoms with Crippen LogP contribution in [-0.2, 0) is 6.54 Å². The van der Waals surface area contributed by atoms with Gasteiger partial charge in [0.25, 0.3) is 0 Å². The zero-order valence-electron chi connectivity index (χ0n) is 10.4. The van der Waals surface area contributed by atoms with E-state index in [1.165, 1.54) is 10.5 Å². The fourth-order valence-corrected chi connectivity index (χ4v) is 2.95. The third kappa shape index (κ3) is 5.42. The summed E-state index contributed by atoms with van der Waals surface area (Å²) < 4.78 is 1.09. The molecule has 17 heavy (non-hydrogen) atoms. The van der Waals surface area contributed by atoms with Crippen molar-refractivity contribution in [3.63, 3.8) is 0 Å². The fourth-order valence-electron chi connectivity index (χ4n) is 1.44. The summed E-state index contributed by atoms with van der Waals surface area (Å²) in [6, 6.07) is 6.33. The Hall–Kier alpha value is -0.0300. The van der Waals surface area contributed by atoms with Crippen LogP contribution in [0.1, 0.15) is 25.8 Å². The first kappa shape index (κ1) is 15.0. The van der Waals surface area contributed by atoms with Crippen molar-refractivity contribution in [2.24, 2.45) is 0 Å². The molecule has 0 amide bonds. The minimum atomic E-state index is 0.207. The molecule has 0 aliphatic heterocycles. The van der Waals surface area contributed by atoms with Gasteiger partial charge < -0.3 is 10.4 Å². The molecule has 96 valence electrons. The van der Waals surface area contributed by atoms with Crippen molar-refractivity contribution in [3.05, 3.63) is 28.2 Å². The molecule has 0 radical (unpaired) electrons. The molecular formula is C13H20BrNOS. The molecule has 0 saturated heterocycles. The number of hydrogen-bond donors (Lipinski definition) is 2. The summed E-state index contributed by atoms with van der Waals surface area (Å²) >= 11 is 5.22. The molecule has 1 aromatic carbocycles. The number of aliphatic hydroxyl groups excluding tert-OH is 1. The van der Waals surface area contributed by atoms with Crippen LogP contribution in [0.25, 0.3) is 0 Å². The van der Waals surface area contributed by atoms with Gasteiger partial charge >= 0.3 is 0 Å². The number of nitrogens with one attached hydrogen (secondary N) is 1. The maximum atomic E-state index is 9.12. The van der Waals surface area contributed by atoms with Gasteiger partial charge in [0, 0.05) is 21.2 Å². The molecule has 1 unspecified atom stereocenters. The normalized spacial score (nSPS) is 12.7. The average molecular weight is 318 g/mol. The smallest absolute Gasteiger partial charge is 0.0550 e.